The van der Waals surface area contributed by atoms with E-state index in [1.807, 2.05) is 58.5 Å². The number of rotatable bonds is 15. The van der Waals surface area contributed by atoms with Gasteiger partial charge in [0.05, 0.1) is 11.2 Å². The van der Waals surface area contributed by atoms with Crippen LogP contribution in [0.25, 0.3) is 10.9 Å². The number of nitrogens with one attached hydrogen (secondary N) is 4. The van der Waals surface area contributed by atoms with Crippen LogP contribution in [0.15, 0.2) is 78.9 Å². The van der Waals surface area contributed by atoms with Gasteiger partial charge in [-0.1, -0.05) is 24.3 Å². The van der Waals surface area contributed by atoms with Gasteiger partial charge in [0.1, 0.15) is 5.92 Å². The molecule has 0 bridgehead atoms. The first-order chi connectivity index (χ1) is 24.6. The molecule has 1 atom stereocenters. The summed E-state index contributed by atoms with van der Waals surface area (Å²) in [5.41, 5.74) is 3.16. The van der Waals surface area contributed by atoms with Gasteiger partial charge in [0.2, 0.25) is 17.8 Å². The van der Waals surface area contributed by atoms with Crippen molar-refractivity contribution in [3.63, 3.8) is 0 Å². The minimum Gasteiger partial charge on any atom is -0.354 e. The fraction of sp³-hybridized carbons (Fsp3) is 0.289. The van der Waals surface area contributed by atoms with Crippen LogP contribution in [0.1, 0.15) is 55.5 Å². The number of aromatic nitrogens is 4. The minimum absolute atomic E-state index is 0.225. The Labute approximate surface area is 296 Å². The van der Waals surface area contributed by atoms with Gasteiger partial charge in [-0.05, 0) is 109 Å². The van der Waals surface area contributed by atoms with Crippen molar-refractivity contribution >= 4 is 57.6 Å². The average molecular weight is 687 g/mol. The Hall–Kier alpha value is -5.79. The molecule has 13 nitrogen and oxygen atoms in total. The number of hydrogen-bond donors (Lipinski definition) is 4. The number of para-hydroxylation sites is 1. The van der Waals surface area contributed by atoms with E-state index in [-0.39, 0.29) is 22.7 Å². The Kier molecular flexibility index (Phi) is 10.9. The van der Waals surface area contributed by atoms with E-state index in [0.717, 1.165) is 31.3 Å². The third-order valence-electron chi connectivity index (χ3n) is 8.42. The number of ketones is 2. The van der Waals surface area contributed by atoms with Gasteiger partial charge < -0.3 is 31.1 Å². The number of amides is 1. The summed E-state index contributed by atoms with van der Waals surface area (Å²) >= 11 is 0. The van der Waals surface area contributed by atoms with Crippen LogP contribution in [-0.2, 0) is 0 Å². The molecular weight excluding hydrogens is 644 g/mol. The van der Waals surface area contributed by atoms with Gasteiger partial charge in [-0.2, -0.15) is 15.0 Å². The highest BCUT2D eigenvalue weighted by Crippen LogP contribution is 2.34. The van der Waals surface area contributed by atoms with Crippen LogP contribution >= 0.6 is 0 Å². The molecule has 5 aromatic rings. The van der Waals surface area contributed by atoms with Gasteiger partial charge in [0.25, 0.3) is 5.91 Å². The number of Topliss-reactive ketones (excluding diaryl/α,β-unsaturated/α-hetero) is 2. The fourth-order valence-corrected chi connectivity index (χ4v) is 5.80. The zero-order chi connectivity index (χ0) is 35.9. The standard InChI is InChI=1S/C38H42N10O3/c1-47(2)21-7-19-39-36-44-37(40-20-8-22-48(3)4)46-38(45-36)42-27-15-13-26(14-16-27)41-35(51)25-11-17-28-29(23-25)34(50)32(33(28)49)31-18-12-24-9-5-6-10-30(24)43-31/h5-6,9-18,23,32H,7-8,19-22H2,1-4H3,(H,41,51)(H3,39,40,42,44,45,46). The van der Waals surface area contributed by atoms with Crippen LogP contribution in [0.4, 0.5) is 29.2 Å². The summed E-state index contributed by atoms with van der Waals surface area (Å²) in [6.45, 7) is 3.31. The average Bonchev–Trinajstić information content (AvgIpc) is 3.37. The Morgan fingerprint density at radius 2 is 1.27 bits per heavy atom. The van der Waals surface area contributed by atoms with E-state index < -0.39 is 11.8 Å². The quantitative estimate of drug-likeness (QED) is 0.0833. The number of carbonyl (C=O) groups is 3. The fourth-order valence-electron chi connectivity index (χ4n) is 5.80. The van der Waals surface area contributed by atoms with Gasteiger partial charge in [0.15, 0.2) is 11.6 Å². The second kappa shape index (κ2) is 15.8. The van der Waals surface area contributed by atoms with Crippen LogP contribution in [-0.4, -0.2) is 102 Å². The van der Waals surface area contributed by atoms with Gasteiger partial charge in [-0.25, -0.2) is 0 Å². The van der Waals surface area contributed by atoms with Gasteiger partial charge in [-0.15, -0.1) is 0 Å². The number of pyridine rings is 1. The Morgan fingerprint density at radius 1 is 0.667 bits per heavy atom. The molecular formula is C38H42N10O3. The van der Waals surface area contributed by atoms with E-state index in [9.17, 15) is 14.4 Å². The zero-order valence-electron chi connectivity index (χ0n) is 29.2. The largest absolute Gasteiger partial charge is 0.354 e. The lowest BCUT2D eigenvalue weighted by Crippen LogP contribution is -2.19. The number of nitrogens with zero attached hydrogens (tertiary/aromatic N) is 6. The molecule has 1 aliphatic rings. The van der Waals surface area contributed by atoms with Crippen LogP contribution in [0.5, 0.6) is 0 Å². The monoisotopic (exact) mass is 686 g/mol. The number of benzene rings is 3. The Morgan fingerprint density at radius 3 is 1.94 bits per heavy atom. The summed E-state index contributed by atoms with van der Waals surface area (Å²) in [5.74, 6) is -0.790. The van der Waals surface area contributed by atoms with Gasteiger partial charge >= 0.3 is 0 Å². The maximum atomic E-state index is 13.5. The second-order valence-corrected chi connectivity index (χ2v) is 13.0. The minimum atomic E-state index is -1.03. The molecule has 262 valence electrons. The molecule has 0 radical (unpaired) electrons. The normalized spacial score (nSPS) is 13.9. The van der Waals surface area contributed by atoms with E-state index in [4.69, 9.17) is 0 Å². The van der Waals surface area contributed by atoms with E-state index in [0.29, 0.717) is 59.1 Å². The van der Waals surface area contributed by atoms with E-state index in [1.165, 1.54) is 6.07 Å². The summed E-state index contributed by atoms with van der Waals surface area (Å²) in [7, 11) is 8.15. The highest BCUT2D eigenvalue weighted by atomic mass is 16.2. The molecule has 2 heterocycles. The zero-order valence-corrected chi connectivity index (χ0v) is 29.2. The van der Waals surface area contributed by atoms with Crippen molar-refractivity contribution in [3.8, 4) is 0 Å². The summed E-state index contributed by atoms with van der Waals surface area (Å²) in [6, 6.07) is 22.8. The molecule has 1 unspecified atom stereocenters. The smallest absolute Gasteiger partial charge is 0.255 e. The molecule has 1 aliphatic carbocycles. The van der Waals surface area contributed by atoms with Crippen LogP contribution < -0.4 is 21.3 Å². The van der Waals surface area contributed by atoms with Gasteiger partial charge in [0, 0.05) is 46.5 Å². The van der Waals surface area contributed by atoms with Crippen LogP contribution in [0, 0.1) is 0 Å². The molecule has 0 fully saturated rings. The maximum absolute atomic E-state index is 13.5. The number of anilines is 5. The molecule has 3 aromatic carbocycles. The predicted octanol–water partition coefficient (Wildman–Crippen LogP) is 5.31. The second-order valence-electron chi connectivity index (χ2n) is 13.0. The molecule has 6 rings (SSSR count). The molecule has 0 saturated heterocycles. The first kappa shape index (κ1) is 35.1. The highest BCUT2D eigenvalue weighted by molar-refractivity contribution is 6.30. The molecule has 13 heteroatoms. The first-order valence-electron chi connectivity index (χ1n) is 16.9. The lowest BCUT2D eigenvalue weighted by Gasteiger charge is -2.13. The molecule has 0 spiro atoms. The predicted molar refractivity (Wildman–Crippen MR) is 200 cm³/mol. The van der Waals surface area contributed by atoms with Crippen molar-refractivity contribution in [2.75, 3.05) is 75.6 Å². The number of hydrogen-bond acceptors (Lipinski definition) is 12. The van der Waals surface area contributed by atoms with E-state index >= 15 is 0 Å². The molecule has 0 saturated carbocycles. The summed E-state index contributed by atoms with van der Waals surface area (Å²) in [5, 5.41) is 13.6. The van der Waals surface area contributed by atoms with Crippen molar-refractivity contribution in [3.05, 3.63) is 101 Å². The van der Waals surface area contributed by atoms with Crippen molar-refractivity contribution in [2.24, 2.45) is 0 Å². The molecule has 4 N–H and O–H groups in total. The molecule has 51 heavy (non-hydrogen) atoms. The number of fused-ring (bicyclic) bond motifs is 2. The third kappa shape index (κ3) is 8.69. The summed E-state index contributed by atoms with van der Waals surface area (Å²) in [4.78, 5) is 62.5. The third-order valence-corrected chi connectivity index (χ3v) is 8.42. The van der Waals surface area contributed by atoms with Crippen molar-refractivity contribution < 1.29 is 14.4 Å². The SMILES string of the molecule is CN(C)CCCNc1nc(NCCCN(C)C)nc(Nc2ccc(NC(=O)c3ccc4c(c3)C(=O)C(c3ccc5ccccc5n3)C4=O)cc2)n1. The van der Waals surface area contributed by atoms with E-state index in [1.54, 1.807) is 42.5 Å². The highest BCUT2D eigenvalue weighted by Gasteiger charge is 2.41. The van der Waals surface area contributed by atoms with Crippen LogP contribution in [0.3, 0.4) is 0 Å². The van der Waals surface area contributed by atoms with E-state index in [2.05, 4.69) is 51.0 Å². The van der Waals surface area contributed by atoms with Crippen molar-refractivity contribution in [2.45, 2.75) is 18.8 Å². The van der Waals surface area contributed by atoms with Crippen molar-refractivity contribution in [1.82, 2.24) is 29.7 Å². The topological polar surface area (TPSA) is 157 Å². The van der Waals surface area contributed by atoms with Crippen molar-refractivity contribution in [1.29, 1.82) is 0 Å². The summed E-state index contributed by atoms with van der Waals surface area (Å²) < 4.78 is 0. The molecule has 1 amide bonds. The lowest BCUT2D eigenvalue weighted by molar-refractivity contribution is 0.0887. The Balaban J connectivity index is 1.11. The first-order valence-corrected chi connectivity index (χ1v) is 16.9. The van der Waals surface area contributed by atoms with Crippen LogP contribution in [0.2, 0.25) is 0 Å². The Bertz CT molecular complexity index is 2010. The molecule has 0 aliphatic heterocycles. The summed E-state index contributed by atoms with van der Waals surface area (Å²) in [6.07, 6.45) is 1.87. The molecule has 2 aromatic heterocycles. The maximum Gasteiger partial charge on any atom is 0.255 e. The number of carbonyl (C=O) groups excluding carboxylic acids is 3. The lowest BCUT2D eigenvalue weighted by atomic mass is 9.98. The van der Waals surface area contributed by atoms with Gasteiger partial charge in [-0.3, -0.25) is 19.4 Å².